The fourth-order valence-electron chi connectivity index (χ4n) is 2.57. The van der Waals surface area contributed by atoms with Crippen LogP contribution >= 0.6 is 0 Å². The number of nitrogens with one attached hydrogen (secondary N) is 1. The van der Waals surface area contributed by atoms with Crippen molar-refractivity contribution in [2.24, 2.45) is 16.0 Å². The van der Waals surface area contributed by atoms with Crippen LogP contribution in [0.3, 0.4) is 0 Å². The minimum Gasteiger partial charge on any atom is -0.495 e. The molecule has 0 aliphatic rings. The zero-order valence-electron chi connectivity index (χ0n) is 16.7. The number of aromatic nitrogens is 4. The van der Waals surface area contributed by atoms with Gasteiger partial charge in [0.25, 0.3) is 17.8 Å². The van der Waals surface area contributed by atoms with Crippen LogP contribution in [0.5, 0.6) is 5.75 Å². The summed E-state index contributed by atoms with van der Waals surface area (Å²) in [6, 6.07) is 6.36. The first kappa shape index (κ1) is 22.2. The summed E-state index contributed by atoms with van der Waals surface area (Å²) in [4.78, 5) is 44.7. The first-order chi connectivity index (χ1) is 15.5. The van der Waals surface area contributed by atoms with Crippen molar-refractivity contribution in [1.82, 2.24) is 19.7 Å². The number of aliphatic hydroxyl groups is 1. The van der Waals surface area contributed by atoms with Gasteiger partial charge in [-0.05, 0) is 18.2 Å². The summed E-state index contributed by atoms with van der Waals surface area (Å²) in [6.45, 7) is -0.966. The van der Waals surface area contributed by atoms with Gasteiger partial charge in [-0.3, -0.25) is 14.4 Å². The minimum absolute atomic E-state index is 0.0532. The van der Waals surface area contributed by atoms with Gasteiger partial charge in [-0.1, -0.05) is 12.1 Å². The highest BCUT2D eigenvalue weighted by molar-refractivity contribution is 6.11. The number of carbonyl (C=O) groups is 3. The predicted molar refractivity (Wildman–Crippen MR) is 110 cm³/mol. The van der Waals surface area contributed by atoms with Crippen molar-refractivity contribution < 1.29 is 24.2 Å². The Hall–Kier alpha value is -4.52. The van der Waals surface area contributed by atoms with Gasteiger partial charge >= 0.3 is 0 Å². The molecule has 0 spiro atoms. The number of hydrogen-bond donors (Lipinski definition) is 3. The molecule has 1 aromatic carbocycles. The fourth-order valence-corrected chi connectivity index (χ4v) is 2.57. The van der Waals surface area contributed by atoms with Gasteiger partial charge < -0.3 is 20.9 Å². The van der Waals surface area contributed by atoms with E-state index in [0.29, 0.717) is 5.75 Å². The zero-order valence-corrected chi connectivity index (χ0v) is 16.7. The molecule has 13 nitrogen and oxygen atoms in total. The van der Waals surface area contributed by atoms with Gasteiger partial charge in [0, 0.05) is 12.4 Å². The summed E-state index contributed by atoms with van der Waals surface area (Å²) >= 11 is 0. The number of aliphatic hydroxyl groups excluding tert-OH is 1. The van der Waals surface area contributed by atoms with Crippen LogP contribution in [0.1, 0.15) is 10.4 Å². The van der Waals surface area contributed by atoms with Crippen LogP contribution < -0.4 is 15.8 Å². The Kier molecular flexibility index (Phi) is 6.92. The summed E-state index contributed by atoms with van der Waals surface area (Å²) in [5.41, 5.74) is 5.50. The number of anilines is 1. The highest BCUT2D eigenvalue weighted by Gasteiger charge is 2.27. The van der Waals surface area contributed by atoms with Crippen LogP contribution in [-0.4, -0.2) is 62.2 Å². The number of ketones is 1. The summed E-state index contributed by atoms with van der Waals surface area (Å²) in [5, 5.41) is 23.4. The average Bonchev–Trinajstić information content (AvgIpc) is 3.24. The highest BCUT2D eigenvalue weighted by Crippen LogP contribution is 2.25. The molecule has 3 rings (SSSR count). The van der Waals surface area contributed by atoms with Crippen LogP contribution in [-0.2, 0) is 9.59 Å². The van der Waals surface area contributed by atoms with E-state index in [2.05, 4.69) is 30.6 Å². The summed E-state index contributed by atoms with van der Waals surface area (Å²) < 4.78 is 6.23. The van der Waals surface area contributed by atoms with E-state index < -0.39 is 30.2 Å². The normalized spacial score (nSPS) is 11.8. The molecule has 13 heteroatoms. The number of primary amides is 1. The van der Waals surface area contributed by atoms with Crippen LogP contribution in [0.4, 0.5) is 11.5 Å². The van der Waals surface area contributed by atoms with E-state index in [1.165, 1.54) is 19.5 Å². The minimum atomic E-state index is -1.73. The number of nitrogens with zero attached hydrogens (tertiary/aromatic N) is 6. The van der Waals surface area contributed by atoms with E-state index in [-0.39, 0.29) is 23.0 Å². The SMILES string of the molecule is COc1ccccc1NC(=O)C(N=Nc1c(C(N)=O)cnn1-c1ncccn1)C(=O)CO. The Morgan fingerprint density at radius 2 is 1.94 bits per heavy atom. The third-order valence-corrected chi connectivity index (χ3v) is 4.09. The highest BCUT2D eigenvalue weighted by atomic mass is 16.5. The molecule has 2 aromatic heterocycles. The number of Topliss-reactive ketones (excluding diaryl/α,β-unsaturated/α-hetero) is 1. The van der Waals surface area contributed by atoms with E-state index in [9.17, 15) is 19.5 Å². The predicted octanol–water partition coefficient (Wildman–Crippen LogP) is 0.422. The molecule has 1 unspecified atom stereocenters. The lowest BCUT2D eigenvalue weighted by Gasteiger charge is -2.13. The molecule has 0 aliphatic heterocycles. The Morgan fingerprint density at radius 3 is 2.59 bits per heavy atom. The first-order valence-corrected chi connectivity index (χ1v) is 9.09. The van der Waals surface area contributed by atoms with Crippen molar-refractivity contribution in [3.63, 3.8) is 0 Å². The first-order valence-electron chi connectivity index (χ1n) is 9.09. The number of methoxy groups -OCH3 is 1. The largest absolute Gasteiger partial charge is 0.495 e. The van der Waals surface area contributed by atoms with Gasteiger partial charge in [0.05, 0.1) is 19.0 Å². The maximum atomic E-state index is 12.7. The molecule has 0 radical (unpaired) electrons. The molecular weight excluding hydrogens is 420 g/mol. The second kappa shape index (κ2) is 9.99. The monoisotopic (exact) mass is 438 g/mol. The number of hydrogen-bond acceptors (Lipinski definition) is 10. The number of benzene rings is 1. The molecular formula is C19H18N8O5. The van der Waals surface area contributed by atoms with Crippen LogP contribution in [0.25, 0.3) is 5.95 Å². The Labute approximate surface area is 181 Å². The van der Waals surface area contributed by atoms with Gasteiger partial charge in [-0.2, -0.15) is 14.9 Å². The standard InChI is InChI=1S/C19H18N8O5/c1-32-14-6-3-2-5-12(14)24-18(31)15(13(29)10-28)25-26-17-11(16(20)30)9-23-27(17)19-21-7-4-8-22-19/h2-9,15,28H,10H2,1H3,(H2,20,30)(H,24,31). The second-order valence-corrected chi connectivity index (χ2v) is 6.14. The molecule has 164 valence electrons. The Bertz CT molecular complexity index is 1160. The lowest BCUT2D eigenvalue weighted by Crippen LogP contribution is -2.35. The van der Waals surface area contributed by atoms with E-state index in [1.807, 2.05) is 0 Å². The summed E-state index contributed by atoms with van der Waals surface area (Å²) in [6.07, 6.45) is 4.01. The molecule has 2 amide bonds. The molecule has 3 aromatic rings. The molecule has 4 N–H and O–H groups in total. The number of para-hydroxylation sites is 2. The number of amides is 2. The van der Waals surface area contributed by atoms with Gasteiger partial charge in [0.1, 0.15) is 17.9 Å². The quantitative estimate of drug-likeness (QED) is 0.316. The van der Waals surface area contributed by atoms with Crippen molar-refractivity contribution >= 4 is 29.1 Å². The molecule has 0 aliphatic carbocycles. The third-order valence-electron chi connectivity index (χ3n) is 4.09. The van der Waals surface area contributed by atoms with Crippen LogP contribution in [0.2, 0.25) is 0 Å². The van der Waals surface area contributed by atoms with Gasteiger partial charge in [0.2, 0.25) is 6.04 Å². The van der Waals surface area contributed by atoms with Crippen molar-refractivity contribution in [2.45, 2.75) is 6.04 Å². The molecule has 0 saturated heterocycles. The Morgan fingerprint density at radius 1 is 1.22 bits per heavy atom. The van der Waals surface area contributed by atoms with Gasteiger partial charge in [-0.25, -0.2) is 9.97 Å². The number of ether oxygens (including phenoxy) is 1. The lowest BCUT2D eigenvalue weighted by molar-refractivity contribution is -0.129. The van der Waals surface area contributed by atoms with Crippen molar-refractivity contribution in [3.8, 4) is 11.7 Å². The molecule has 2 heterocycles. The van der Waals surface area contributed by atoms with Crippen molar-refractivity contribution in [1.29, 1.82) is 0 Å². The van der Waals surface area contributed by atoms with Crippen molar-refractivity contribution in [2.75, 3.05) is 19.0 Å². The lowest BCUT2D eigenvalue weighted by atomic mass is 10.2. The van der Waals surface area contributed by atoms with E-state index in [0.717, 1.165) is 10.9 Å². The molecule has 0 bridgehead atoms. The topological polar surface area (TPSA) is 187 Å². The molecule has 1 atom stereocenters. The average molecular weight is 438 g/mol. The maximum Gasteiger partial charge on any atom is 0.259 e. The number of azo groups is 1. The molecule has 0 saturated carbocycles. The fraction of sp³-hybridized carbons (Fsp3) is 0.158. The number of nitrogens with two attached hydrogens (primary N) is 1. The van der Waals surface area contributed by atoms with E-state index in [4.69, 9.17) is 10.5 Å². The van der Waals surface area contributed by atoms with E-state index >= 15 is 0 Å². The van der Waals surface area contributed by atoms with Gasteiger partial charge in [0.15, 0.2) is 11.6 Å². The summed E-state index contributed by atoms with van der Waals surface area (Å²) in [5.74, 6) is -2.46. The zero-order chi connectivity index (χ0) is 23.1. The van der Waals surface area contributed by atoms with Crippen molar-refractivity contribution in [3.05, 3.63) is 54.5 Å². The summed E-state index contributed by atoms with van der Waals surface area (Å²) in [7, 11) is 1.42. The molecule has 0 fully saturated rings. The smallest absolute Gasteiger partial charge is 0.259 e. The Balaban J connectivity index is 1.97. The number of rotatable bonds is 9. The second-order valence-electron chi connectivity index (χ2n) is 6.14. The number of carbonyl (C=O) groups excluding carboxylic acids is 3. The van der Waals surface area contributed by atoms with E-state index in [1.54, 1.807) is 30.3 Å². The maximum absolute atomic E-state index is 12.7. The third kappa shape index (κ3) is 4.79. The van der Waals surface area contributed by atoms with Crippen LogP contribution in [0.15, 0.2) is 59.2 Å². The molecule has 32 heavy (non-hydrogen) atoms. The van der Waals surface area contributed by atoms with Gasteiger partial charge in [-0.15, -0.1) is 5.11 Å². The van der Waals surface area contributed by atoms with Crippen LogP contribution in [0, 0.1) is 0 Å².